The molecule has 0 bridgehead atoms. The summed E-state index contributed by atoms with van der Waals surface area (Å²) in [7, 11) is 0. The van der Waals surface area contributed by atoms with Crippen LogP contribution in [0.4, 0.5) is 0 Å². The fourth-order valence-corrected chi connectivity index (χ4v) is 1.57. The lowest BCUT2D eigenvalue weighted by Crippen LogP contribution is -2.07. The summed E-state index contributed by atoms with van der Waals surface area (Å²) in [5.74, 6) is -0.765. The van der Waals surface area contributed by atoms with Crippen LogP contribution in [-0.2, 0) is 0 Å². The number of aromatic carboxylic acids is 1. The van der Waals surface area contributed by atoms with Gasteiger partial charge in [0.2, 0.25) is 5.88 Å². The minimum atomic E-state index is -1.04. The van der Waals surface area contributed by atoms with Crippen LogP contribution in [0.25, 0.3) is 5.69 Å². The van der Waals surface area contributed by atoms with Crippen LogP contribution in [0.3, 0.4) is 0 Å². The number of aromatic nitrogens is 2. The molecule has 1 aromatic heterocycles. The zero-order chi connectivity index (χ0) is 13.0. The highest BCUT2D eigenvalue weighted by atomic mass is 16.5. The first-order chi connectivity index (χ1) is 8.74. The van der Waals surface area contributed by atoms with E-state index in [1.807, 2.05) is 37.3 Å². The van der Waals surface area contributed by atoms with E-state index in [-0.39, 0.29) is 11.4 Å². The van der Waals surface area contributed by atoms with Crippen LogP contribution in [0.1, 0.15) is 23.7 Å². The minimum absolute atomic E-state index is 0.0762. The van der Waals surface area contributed by atoms with Crippen LogP contribution < -0.4 is 4.74 Å². The Bertz CT molecular complexity index is 534. The molecule has 5 nitrogen and oxygen atoms in total. The SMILES string of the molecule is CCCOc1c(C(=O)O)cnn1-c1ccccc1. The molecule has 0 aliphatic carbocycles. The van der Waals surface area contributed by atoms with Crippen LogP contribution in [0, 0.1) is 0 Å². The lowest BCUT2D eigenvalue weighted by atomic mass is 10.3. The summed E-state index contributed by atoms with van der Waals surface area (Å²) in [6, 6.07) is 9.30. The second kappa shape index (κ2) is 5.35. The number of carboxylic acid groups (broad SMARTS) is 1. The molecular weight excluding hydrogens is 232 g/mol. The molecule has 0 aliphatic heterocycles. The van der Waals surface area contributed by atoms with Gasteiger partial charge in [-0.2, -0.15) is 5.10 Å². The average Bonchev–Trinajstić information content (AvgIpc) is 2.81. The summed E-state index contributed by atoms with van der Waals surface area (Å²) in [6.07, 6.45) is 2.11. The van der Waals surface area contributed by atoms with E-state index in [1.165, 1.54) is 10.9 Å². The van der Waals surface area contributed by atoms with Crippen molar-refractivity contribution >= 4 is 5.97 Å². The zero-order valence-electron chi connectivity index (χ0n) is 10.0. The number of benzene rings is 1. The van der Waals surface area contributed by atoms with E-state index < -0.39 is 5.97 Å². The van der Waals surface area contributed by atoms with E-state index in [1.54, 1.807) is 0 Å². The summed E-state index contributed by atoms with van der Waals surface area (Å²) < 4.78 is 6.99. The Morgan fingerprint density at radius 1 is 1.39 bits per heavy atom. The van der Waals surface area contributed by atoms with E-state index in [0.29, 0.717) is 6.61 Å². The van der Waals surface area contributed by atoms with Crippen molar-refractivity contribution in [3.63, 3.8) is 0 Å². The number of rotatable bonds is 5. The third-order valence-electron chi connectivity index (χ3n) is 2.40. The summed E-state index contributed by atoms with van der Waals surface area (Å²) in [5, 5.41) is 13.2. The van der Waals surface area contributed by atoms with Crippen LogP contribution in [0.15, 0.2) is 36.5 Å². The molecule has 0 saturated heterocycles. The third-order valence-corrected chi connectivity index (χ3v) is 2.40. The molecule has 0 amide bonds. The van der Waals surface area contributed by atoms with Gasteiger partial charge in [-0.3, -0.25) is 0 Å². The second-order valence-corrected chi connectivity index (χ2v) is 3.76. The Hall–Kier alpha value is -2.30. The largest absolute Gasteiger partial charge is 0.477 e. The maximum atomic E-state index is 11.1. The molecule has 2 aromatic rings. The molecule has 1 heterocycles. The molecule has 1 aromatic carbocycles. The Balaban J connectivity index is 2.44. The Kier molecular flexibility index (Phi) is 3.62. The highest BCUT2D eigenvalue weighted by Gasteiger charge is 2.18. The molecule has 5 heteroatoms. The van der Waals surface area contributed by atoms with Gasteiger partial charge in [0.05, 0.1) is 18.5 Å². The van der Waals surface area contributed by atoms with Gasteiger partial charge in [-0.1, -0.05) is 25.1 Å². The van der Waals surface area contributed by atoms with E-state index in [9.17, 15) is 4.79 Å². The Labute approximate surface area is 105 Å². The van der Waals surface area contributed by atoms with Gasteiger partial charge in [-0.05, 0) is 18.6 Å². The number of ether oxygens (including phenoxy) is 1. The first-order valence-corrected chi connectivity index (χ1v) is 5.73. The van der Waals surface area contributed by atoms with Gasteiger partial charge >= 0.3 is 5.97 Å². The predicted octanol–water partition coefficient (Wildman–Crippen LogP) is 2.36. The van der Waals surface area contributed by atoms with Gasteiger partial charge in [-0.25, -0.2) is 9.48 Å². The topological polar surface area (TPSA) is 64.3 Å². The highest BCUT2D eigenvalue weighted by Crippen LogP contribution is 2.22. The van der Waals surface area contributed by atoms with Gasteiger partial charge in [0.25, 0.3) is 0 Å². The van der Waals surface area contributed by atoms with Crippen LogP contribution >= 0.6 is 0 Å². The van der Waals surface area contributed by atoms with Crippen LogP contribution in [0.5, 0.6) is 5.88 Å². The molecular formula is C13H14N2O3. The van der Waals surface area contributed by atoms with Crippen molar-refractivity contribution in [2.45, 2.75) is 13.3 Å². The van der Waals surface area contributed by atoms with Crippen LogP contribution in [-0.4, -0.2) is 27.5 Å². The molecule has 0 unspecified atom stereocenters. The first kappa shape index (κ1) is 12.2. The highest BCUT2D eigenvalue weighted by molar-refractivity contribution is 5.90. The molecule has 0 fully saturated rings. The van der Waals surface area contributed by atoms with Gasteiger partial charge in [0.15, 0.2) is 0 Å². The third kappa shape index (κ3) is 2.34. The molecule has 0 spiro atoms. The van der Waals surface area contributed by atoms with Crippen LogP contribution in [0.2, 0.25) is 0 Å². The van der Waals surface area contributed by atoms with Crippen molar-refractivity contribution in [2.75, 3.05) is 6.61 Å². The van der Waals surface area contributed by atoms with E-state index in [0.717, 1.165) is 12.1 Å². The smallest absolute Gasteiger partial charge is 0.342 e. The molecule has 2 rings (SSSR count). The normalized spacial score (nSPS) is 10.3. The number of nitrogens with zero attached hydrogens (tertiary/aromatic N) is 2. The van der Waals surface area contributed by atoms with Crippen molar-refractivity contribution in [1.82, 2.24) is 9.78 Å². The van der Waals surface area contributed by atoms with Gasteiger partial charge < -0.3 is 9.84 Å². The minimum Gasteiger partial charge on any atom is -0.477 e. The quantitative estimate of drug-likeness (QED) is 0.879. The van der Waals surface area contributed by atoms with E-state index >= 15 is 0 Å². The molecule has 0 saturated carbocycles. The van der Waals surface area contributed by atoms with E-state index in [4.69, 9.17) is 9.84 Å². The van der Waals surface area contributed by atoms with Gasteiger partial charge in [0.1, 0.15) is 5.56 Å². The Morgan fingerprint density at radius 2 is 2.11 bits per heavy atom. The molecule has 1 N–H and O–H groups in total. The maximum Gasteiger partial charge on any atom is 0.342 e. The fraction of sp³-hybridized carbons (Fsp3) is 0.231. The summed E-state index contributed by atoms with van der Waals surface area (Å²) in [4.78, 5) is 11.1. The monoisotopic (exact) mass is 246 g/mol. The number of para-hydroxylation sites is 1. The van der Waals surface area contributed by atoms with E-state index in [2.05, 4.69) is 5.10 Å². The number of hydrogen-bond donors (Lipinski definition) is 1. The summed E-state index contributed by atoms with van der Waals surface area (Å²) in [5.41, 5.74) is 0.850. The van der Waals surface area contributed by atoms with Crippen molar-refractivity contribution in [3.8, 4) is 11.6 Å². The molecule has 18 heavy (non-hydrogen) atoms. The van der Waals surface area contributed by atoms with Gasteiger partial charge in [0, 0.05) is 0 Å². The predicted molar refractivity (Wildman–Crippen MR) is 66.3 cm³/mol. The lowest BCUT2D eigenvalue weighted by Gasteiger charge is -2.09. The number of carbonyl (C=O) groups is 1. The summed E-state index contributed by atoms with van der Waals surface area (Å²) >= 11 is 0. The number of hydrogen-bond acceptors (Lipinski definition) is 3. The average molecular weight is 246 g/mol. The van der Waals surface area contributed by atoms with Crippen molar-refractivity contribution < 1.29 is 14.6 Å². The first-order valence-electron chi connectivity index (χ1n) is 5.73. The maximum absolute atomic E-state index is 11.1. The Morgan fingerprint density at radius 3 is 2.72 bits per heavy atom. The molecule has 0 aliphatic rings. The lowest BCUT2D eigenvalue weighted by molar-refractivity contribution is 0.0692. The fourth-order valence-electron chi connectivity index (χ4n) is 1.57. The van der Waals surface area contributed by atoms with Crippen molar-refractivity contribution in [1.29, 1.82) is 0 Å². The van der Waals surface area contributed by atoms with Crippen molar-refractivity contribution in [2.24, 2.45) is 0 Å². The molecule has 0 atom stereocenters. The molecule has 94 valence electrons. The number of carboxylic acids is 1. The second-order valence-electron chi connectivity index (χ2n) is 3.76. The standard InChI is InChI=1S/C13H14N2O3/c1-2-8-18-12-11(13(16)17)9-14-15(12)10-6-4-3-5-7-10/h3-7,9H,2,8H2,1H3,(H,16,17). The molecule has 0 radical (unpaired) electrons. The zero-order valence-corrected chi connectivity index (χ0v) is 10.0. The summed E-state index contributed by atoms with van der Waals surface area (Å²) in [6.45, 7) is 2.42. The van der Waals surface area contributed by atoms with Gasteiger partial charge in [-0.15, -0.1) is 0 Å². The van der Waals surface area contributed by atoms with Crippen molar-refractivity contribution in [3.05, 3.63) is 42.1 Å².